The fraction of sp³-hybridized carbons (Fsp3) is 0.182. The van der Waals surface area contributed by atoms with Gasteiger partial charge in [0.05, 0.1) is 21.0 Å². The monoisotopic (exact) mass is 528 g/mol. The third-order valence-corrected chi connectivity index (χ3v) is 6.06. The van der Waals surface area contributed by atoms with Gasteiger partial charge in [0, 0.05) is 49.4 Å². The number of benzene rings is 1. The van der Waals surface area contributed by atoms with Crippen molar-refractivity contribution in [2.45, 2.75) is 26.4 Å². The molecule has 0 unspecified atom stereocenters. The van der Waals surface area contributed by atoms with Gasteiger partial charge >= 0.3 is 0 Å². The second-order valence-electron chi connectivity index (χ2n) is 7.07. The van der Waals surface area contributed by atoms with Crippen LogP contribution in [0.3, 0.4) is 0 Å². The van der Waals surface area contributed by atoms with Gasteiger partial charge in [-0.1, -0.05) is 18.2 Å². The first-order valence-electron chi connectivity index (χ1n) is 9.77. The first-order valence-corrected chi connectivity index (χ1v) is 10.9. The van der Waals surface area contributed by atoms with Crippen molar-refractivity contribution in [3.63, 3.8) is 0 Å². The lowest BCUT2D eigenvalue weighted by Gasteiger charge is -2.08. The molecule has 4 rings (SSSR count). The molecule has 0 spiro atoms. The molecule has 158 valence electrons. The van der Waals surface area contributed by atoms with Crippen molar-refractivity contribution < 1.29 is 4.79 Å². The second kappa shape index (κ2) is 9.29. The van der Waals surface area contributed by atoms with Crippen molar-refractivity contribution in [2.24, 2.45) is 0 Å². The van der Waals surface area contributed by atoms with Crippen LogP contribution in [0, 0.1) is 10.5 Å². The summed E-state index contributed by atoms with van der Waals surface area (Å²) in [4.78, 5) is 29.1. The molecule has 0 atom stereocenters. The van der Waals surface area contributed by atoms with Gasteiger partial charge < -0.3 is 5.32 Å². The molecular weight excluding hydrogens is 507 g/mol. The Morgan fingerprint density at radius 2 is 2.10 bits per heavy atom. The summed E-state index contributed by atoms with van der Waals surface area (Å²) in [6.07, 6.45) is 7.15. The van der Waals surface area contributed by atoms with E-state index in [1.54, 1.807) is 30.9 Å². The van der Waals surface area contributed by atoms with Crippen molar-refractivity contribution in [3.05, 3.63) is 86.4 Å². The summed E-state index contributed by atoms with van der Waals surface area (Å²) < 4.78 is 4.40. The van der Waals surface area contributed by atoms with Gasteiger partial charge in [-0.15, -0.1) is 0 Å². The van der Waals surface area contributed by atoms with Gasteiger partial charge in [0.2, 0.25) is 5.91 Å². The standard InChI is InChI=1S/C22H21IN6O2/c1-15-20(23)14-26-28(15)9-7-21(30)25-11-16-4-2-6-18(10-16)29-22(31)19(13-27-29)17-5-3-8-24-12-17/h2-6,8,10,12-14,27H,7,9,11H2,1H3,(H,25,30). The van der Waals surface area contributed by atoms with E-state index in [0.29, 0.717) is 30.8 Å². The van der Waals surface area contributed by atoms with E-state index < -0.39 is 0 Å². The fourth-order valence-corrected chi connectivity index (χ4v) is 3.64. The molecule has 0 saturated heterocycles. The molecule has 1 amide bonds. The van der Waals surface area contributed by atoms with Crippen LogP contribution >= 0.6 is 22.6 Å². The van der Waals surface area contributed by atoms with Crippen molar-refractivity contribution in [1.82, 2.24) is 29.9 Å². The van der Waals surface area contributed by atoms with Gasteiger partial charge in [0.15, 0.2) is 0 Å². The minimum atomic E-state index is -0.154. The maximum atomic E-state index is 12.8. The maximum Gasteiger partial charge on any atom is 0.279 e. The molecule has 3 heterocycles. The van der Waals surface area contributed by atoms with E-state index in [-0.39, 0.29) is 11.5 Å². The number of amides is 1. The zero-order valence-electron chi connectivity index (χ0n) is 16.9. The lowest BCUT2D eigenvalue weighted by atomic mass is 10.1. The van der Waals surface area contributed by atoms with E-state index in [2.05, 4.69) is 43.1 Å². The van der Waals surface area contributed by atoms with Gasteiger partial charge in [-0.05, 0) is 53.3 Å². The number of nitrogens with one attached hydrogen (secondary N) is 2. The third kappa shape index (κ3) is 4.76. The van der Waals surface area contributed by atoms with Crippen LogP contribution in [0.4, 0.5) is 0 Å². The number of carbonyl (C=O) groups excluding carboxylic acids is 1. The van der Waals surface area contributed by atoms with Gasteiger partial charge in [-0.3, -0.25) is 24.4 Å². The van der Waals surface area contributed by atoms with Gasteiger partial charge in [-0.25, -0.2) is 4.68 Å². The number of aromatic amines is 1. The normalized spacial score (nSPS) is 10.9. The van der Waals surface area contributed by atoms with Crippen LogP contribution < -0.4 is 10.9 Å². The van der Waals surface area contributed by atoms with E-state index in [0.717, 1.165) is 20.4 Å². The molecule has 0 aliphatic heterocycles. The average Bonchev–Trinajstić information content (AvgIpc) is 3.33. The summed E-state index contributed by atoms with van der Waals surface area (Å²) in [6, 6.07) is 11.1. The minimum Gasteiger partial charge on any atom is -0.352 e. The second-order valence-corrected chi connectivity index (χ2v) is 8.23. The predicted octanol–water partition coefficient (Wildman–Crippen LogP) is 3.04. The number of aromatic nitrogens is 5. The van der Waals surface area contributed by atoms with E-state index in [9.17, 15) is 9.59 Å². The molecule has 31 heavy (non-hydrogen) atoms. The Hall–Kier alpha value is -3.21. The Kier molecular flexibility index (Phi) is 6.31. The van der Waals surface area contributed by atoms with Crippen LogP contribution in [0.5, 0.6) is 0 Å². The first kappa shape index (κ1) is 21.0. The lowest BCUT2D eigenvalue weighted by molar-refractivity contribution is -0.121. The molecule has 0 radical (unpaired) electrons. The highest BCUT2D eigenvalue weighted by atomic mass is 127. The summed E-state index contributed by atoms with van der Waals surface area (Å²) in [5, 5.41) is 10.2. The van der Waals surface area contributed by atoms with Crippen LogP contribution in [-0.4, -0.2) is 30.5 Å². The van der Waals surface area contributed by atoms with E-state index >= 15 is 0 Å². The number of nitrogens with zero attached hydrogens (tertiary/aromatic N) is 4. The molecule has 8 nitrogen and oxygen atoms in total. The van der Waals surface area contributed by atoms with Crippen molar-refractivity contribution in [2.75, 3.05) is 0 Å². The van der Waals surface area contributed by atoms with Crippen molar-refractivity contribution in [1.29, 1.82) is 0 Å². The molecule has 1 aromatic carbocycles. The minimum absolute atomic E-state index is 0.0498. The largest absolute Gasteiger partial charge is 0.352 e. The van der Waals surface area contributed by atoms with E-state index in [1.807, 2.05) is 41.9 Å². The van der Waals surface area contributed by atoms with E-state index in [4.69, 9.17) is 0 Å². The molecule has 0 saturated carbocycles. The molecular formula is C22H21IN6O2. The number of H-pyrrole nitrogens is 1. The van der Waals surface area contributed by atoms with Crippen LogP contribution in [0.15, 0.2) is 66.0 Å². The Labute approximate surface area is 192 Å². The number of hydrogen-bond acceptors (Lipinski definition) is 4. The number of rotatable bonds is 7. The van der Waals surface area contributed by atoms with Crippen LogP contribution in [0.25, 0.3) is 16.8 Å². The molecule has 0 fully saturated rings. The van der Waals surface area contributed by atoms with Gasteiger partial charge in [0.25, 0.3) is 5.56 Å². The van der Waals surface area contributed by atoms with Crippen molar-refractivity contribution in [3.8, 4) is 16.8 Å². The quantitative estimate of drug-likeness (QED) is 0.361. The summed E-state index contributed by atoms with van der Waals surface area (Å²) >= 11 is 2.23. The van der Waals surface area contributed by atoms with Crippen LogP contribution in [0.1, 0.15) is 17.7 Å². The topological polar surface area (TPSA) is 97.6 Å². The van der Waals surface area contributed by atoms with Gasteiger partial charge in [0.1, 0.15) is 0 Å². The van der Waals surface area contributed by atoms with Crippen LogP contribution in [-0.2, 0) is 17.9 Å². The number of pyridine rings is 1. The molecule has 0 bridgehead atoms. The zero-order chi connectivity index (χ0) is 21.8. The zero-order valence-corrected chi connectivity index (χ0v) is 19.0. The highest BCUT2D eigenvalue weighted by Crippen LogP contribution is 2.15. The highest BCUT2D eigenvalue weighted by molar-refractivity contribution is 14.1. The van der Waals surface area contributed by atoms with E-state index in [1.165, 1.54) is 4.68 Å². The van der Waals surface area contributed by atoms with Crippen molar-refractivity contribution >= 4 is 28.5 Å². The number of halogens is 1. The Morgan fingerprint density at radius 3 is 2.84 bits per heavy atom. The Bertz CT molecular complexity index is 1260. The summed E-state index contributed by atoms with van der Waals surface area (Å²) in [7, 11) is 0. The summed E-state index contributed by atoms with van der Waals surface area (Å²) in [5.41, 5.74) is 3.82. The average molecular weight is 528 g/mol. The fourth-order valence-electron chi connectivity index (χ4n) is 3.24. The molecule has 0 aliphatic rings. The lowest BCUT2D eigenvalue weighted by Crippen LogP contribution is -2.24. The smallest absolute Gasteiger partial charge is 0.279 e. The molecule has 2 N–H and O–H groups in total. The van der Waals surface area contributed by atoms with Gasteiger partial charge in [-0.2, -0.15) is 5.10 Å². The summed E-state index contributed by atoms with van der Waals surface area (Å²) in [5.74, 6) is -0.0498. The molecule has 9 heteroatoms. The molecule has 4 aromatic rings. The molecule has 3 aromatic heterocycles. The van der Waals surface area contributed by atoms with Crippen LogP contribution in [0.2, 0.25) is 0 Å². The number of carbonyl (C=O) groups is 1. The maximum absolute atomic E-state index is 12.8. The first-order chi connectivity index (χ1) is 15.0. The Balaban J connectivity index is 1.41. The number of aryl methyl sites for hydroxylation is 1. The Morgan fingerprint density at radius 1 is 1.23 bits per heavy atom. The number of hydrogen-bond donors (Lipinski definition) is 2. The predicted molar refractivity (Wildman–Crippen MR) is 126 cm³/mol. The molecule has 0 aliphatic carbocycles. The highest BCUT2D eigenvalue weighted by Gasteiger charge is 2.11. The SMILES string of the molecule is Cc1c(I)cnn1CCC(=O)NCc1cccc(-n2[nH]cc(-c3cccnc3)c2=O)c1. The summed E-state index contributed by atoms with van der Waals surface area (Å²) in [6.45, 7) is 2.91. The third-order valence-electron chi connectivity index (χ3n) is 5.00.